The number of Topliss-reactive ketones (excluding diaryl/α,β-unsaturated/α-hetero) is 1. The largest absolute Gasteiger partial charge is 0.394 e. The zero-order valence-corrected chi connectivity index (χ0v) is 14.0. The zero-order chi connectivity index (χ0) is 17.0. The lowest BCUT2D eigenvalue weighted by Crippen LogP contribution is -3.46. The minimum absolute atomic E-state index is 0.252. The van der Waals surface area contributed by atoms with Crippen molar-refractivity contribution < 1.29 is 35.0 Å². The van der Waals surface area contributed by atoms with Gasteiger partial charge in [-0.15, -0.1) is 0 Å². The van der Waals surface area contributed by atoms with Crippen LogP contribution in [0.5, 0.6) is 0 Å². The van der Waals surface area contributed by atoms with E-state index in [2.05, 4.69) is 6.92 Å². The SMILES string of the molecule is CCCC12C[NH+]3CC(C)(C[NH+](C1)C3[C@@H](O)[C@H](O)[C@H](O)CO)C2=O. The van der Waals surface area contributed by atoms with E-state index in [9.17, 15) is 20.1 Å². The quantitative estimate of drug-likeness (QED) is 0.295. The second-order valence-electron chi connectivity index (χ2n) is 8.15. The van der Waals surface area contributed by atoms with Crippen LogP contribution in [0.2, 0.25) is 0 Å². The molecule has 4 aliphatic heterocycles. The molecular formula is C16H30N2O5+2. The van der Waals surface area contributed by atoms with Crippen molar-refractivity contribution in [3.8, 4) is 0 Å². The molecular weight excluding hydrogens is 300 g/mol. The summed E-state index contributed by atoms with van der Waals surface area (Å²) in [5.74, 6) is 0.378. The molecule has 23 heavy (non-hydrogen) atoms. The van der Waals surface area contributed by atoms with Gasteiger partial charge >= 0.3 is 0 Å². The summed E-state index contributed by atoms with van der Waals surface area (Å²) in [5.41, 5.74) is -0.658. The molecule has 4 fully saturated rings. The lowest BCUT2D eigenvalue weighted by atomic mass is 9.59. The molecule has 2 unspecified atom stereocenters. The summed E-state index contributed by atoms with van der Waals surface area (Å²) < 4.78 is 0. The number of carbonyl (C=O) groups excluding carboxylic acids is 1. The van der Waals surface area contributed by atoms with Gasteiger partial charge in [0.1, 0.15) is 36.1 Å². The summed E-state index contributed by atoms with van der Waals surface area (Å²) in [6.07, 6.45) is -2.24. The summed E-state index contributed by atoms with van der Waals surface area (Å²) in [6.45, 7) is 6.28. The van der Waals surface area contributed by atoms with E-state index in [1.807, 2.05) is 6.92 Å². The van der Waals surface area contributed by atoms with Crippen LogP contribution in [0.25, 0.3) is 0 Å². The van der Waals surface area contributed by atoms with Crippen molar-refractivity contribution in [3.05, 3.63) is 0 Å². The van der Waals surface area contributed by atoms with Gasteiger partial charge in [-0.3, -0.25) is 14.6 Å². The Bertz CT molecular complexity index is 469. The highest BCUT2D eigenvalue weighted by molar-refractivity contribution is 5.91. The predicted octanol–water partition coefficient (Wildman–Crippen LogP) is -4.44. The minimum Gasteiger partial charge on any atom is -0.394 e. The van der Waals surface area contributed by atoms with Crippen LogP contribution < -0.4 is 9.80 Å². The van der Waals surface area contributed by atoms with Crippen LogP contribution in [0.15, 0.2) is 0 Å². The van der Waals surface area contributed by atoms with Gasteiger partial charge in [-0.25, -0.2) is 0 Å². The number of quaternary nitrogens is 2. The highest BCUT2D eigenvalue weighted by Gasteiger charge is 2.70. The third kappa shape index (κ3) is 2.45. The fraction of sp³-hybridized carbons (Fsp3) is 0.938. The molecule has 0 saturated carbocycles. The summed E-state index contributed by atoms with van der Waals surface area (Å²) in [7, 11) is 0. The summed E-state index contributed by atoms with van der Waals surface area (Å²) in [5, 5.41) is 39.3. The first-order valence-corrected chi connectivity index (χ1v) is 8.67. The summed E-state index contributed by atoms with van der Waals surface area (Å²) in [6, 6.07) is 0. The first-order chi connectivity index (χ1) is 10.8. The first-order valence-electron chi connectivity index (χ1n) is 8.67. The Labute approximate surface area is 136 Å². The van der Waals surface area contributed by atoms with Crippen LogP contribution in [-0.2, 0) is 4.79 Å². The molecule has 0 aromatic rings. The van der Waals surface area contributed by atoms with Gasteiger partial charge in [-0.1, -0.05) is 13.3 Å². The molecule has 7 heteroatoms. The van der Waals surface area contributed by atoms with E-state index in [1.54, 1.807) is 0 Å². The maximum atomic E-state index is 13.0. The Balaban J connectivity index is 1.86. The second kappa shape index (κ2) is 5.75. The molecule has 6 N–H and O–H groups in total. The van der Waals surface area contributed by atoms with E-state index < -0.39 is 24.9 Å². The third-order valence-corrected chi connectivity index (χ3v) is 6.28. The fourth-order valence-corrected chi connectivity index (χ4v) is 5.60. The predicted molar refractivity (Wildman–Crippen MR) is 80.7 cm³/mol. The van der Waals surface area contributed by atoms with Gasteiger partial charge < -0.3 is 20.4 Å². The van der Waals surface area contributed by atoms with Crippen molar-refractivity contribution in [3.63, 3.8) is 0 Å². The number of hydrogen-bond acceptors (Lipinski definition) is 5. The molecule has 0 spiro atoms. The molecule has 5 atom stereocenters. The van der Waals surface area contributed by atoms with Crippen LogP contribution in [0.1, 0.15) is 26.7 Å². The van der Waals surface area contributed by atoms with Crippen LogP contribution in [0.3, 0.4) is 0 Å². The molecule has 0 aromatic carbocycles. The van der Waals surface area contributed by atoms with Crippen LogP contribution in [0.4, 0.5) is 0 Å². The van der Waals surface area contributed by atoms with Gasteiger partial charge in [0.15, 0.2) is 11.9 Å². The van der Waals surface area contributed by atoms with Gasteiger partial charge in [-0.05, 0) is 13.3 Å². The van der Waals surface area contributed by atoms with E-state index in [-0.39, 0.29) is 17.0 Å². The number of ketones is 1. The number of piperidine rings is 2. The Kier molecular flexibility index (Phi) is 4.32. The van der Waals surface area contributed by atoms with Gasteiger partial charge in [0.2, 0.25) is 6.17 Å². The van der Waals surface area contributed by atoms with Crippen molar-refractivity contribution in [2.75, 3.05) is 32.8 Å². The standard InChI is InChI=1S/C16H28N2O5/c1-3-4-16-8-17-6-15(2,14(16)23)7-18(9-16)13(17)12(22)11(21)10(20)5-19/h10-13,19-22H,3-9H2,1-2H3/p+2/t10-,11-,12+,13?,15?,16?/m1/s1. The molecule has 0 radical (unpaired) electrons. The van der Waals surface area contributed by atoms with E-state index in [1.165, 1.54) is 0 Å². The van der Waals surface area contributed by atoms with Gasteiger partial charge in [-0.2, -0.15) is 0 Å². The normalized spacial score (nSPS) is 46.0. The van der Waals surface area contributed by atoms with Crippen molar-refractivity contribution in [1.82, 2.24) is 0 Å². The molecule has 0 aromatic heterocycles. The van der Waals surface area contributed by atoms with E-state index in [0.717, 1.165) is 22.6 Å². The smallest absolute Gasteiger partial charge is 0.242 e. The molecule has 4 saturated heterocycles. The van der Waals surface area contributed by atoms with Gasteiger partial charge in [0, 0.05) is 0 Å². The maximum absolute atomic E-state index is 13.0. The topological polar surface area (TPSA) is 107 Å². The Morgan fingerprint density at radius 2 is 1.74 bits per heavy atom. The molecule has 4 heterocycles. The van der Waals surface area contributed by atoms with Gasteiger partial charge in [0.05, 0.1) is 19.7 Å². The number of nitrogens with one attached hydrogen (secondary N) is 2. The molecule has 4 aliphatic rings. The molecule has 7 nitrogen and oxygen atoms in total. The van der Waals surface area contributed by atoms with E-state index in [0.29, 0.717) is 32.0 Å². The van der Waals surface area contributed by atoms with Crippen LogP contribution in [0, 0.1) is 10.8 Å². The minimum atomic E-state index is -1.37. The first kappa shape index (κ1) is 17.3. The zero-order valence-electron chi connectivity index (χ0n) is 14.0. The van der Waals surface area contributed by atoms with Crippen molar-refractivity contribution in [2.45, 2.75) is 51.2 Å². The fourth-order valence-electron chi connectivity index (χ4n) is 5.60. The summed E-state index contributed by atoms with van der Waals surface area (Å²) >= 11 is 0. The maximum Gasteiger partial charge on any atom is 0.242 e. The van der Waals surface area contributed by atoms with E-state index >= 15 is 0 Å². The Morgan fingerprint density at radius 3 is 2.22 bits per heavy atom. The number of rotatable bonds is 6. The second-order valence-corrected chi connectivity index (χ2v) is 8.15. The molecule has 4 rings (SSSR count). The van der Waals surface area contributed by atoms with Gasteiger partial charge in [0.25, 0.3) is 0 Å². The number of aliphatic hydroxyl groups excluding tert-OH is 4. The molecule has 0 amide bonds. The Hall–Kier alpha value is -0.570. The van der Waals surface area contributed by atoms with Crippen molar-refractivity contribution in [1.29, 1.82) is 0 Å². The average Bonchev–Trinajstić information content (AvgIpc) is 2.49. The summed E-state index contributed by atoms with van der Waals surface area (Å²) in [4.78, 5) is 15.2. The lowest BCUT2D eigenvalue weighted by molar-refractivity contribution is -1.17. The number of aliphatic hydroxyl groups is 4. The third-order valence-electron chi connectivity index (χ3n) is 6.28. The number of hydrogen-bond donors (Lipinski definition) is 6. The Morgan fingerprint density at radius 1 is 1.17 bits per heavy atom. The average molecular weight is 330 g/mol. The lowest BCUT2D eigenvalue weighted by Gasteiger charge is -2.60. The van der Waals surface area contributed by atoms with Crippen molar-refractivity contribution in [2.24, 2.45) is 10.8 Å². The number of carbonyl (C=O) groups is 1. The van der Waals surface area contributed by atoms with Crippen LogP contribution in [-0.4, -0.2) is 83.5 Å². The highest BCUT2D eigenvalue weighted by atomic mass is 16.4. The van der Waals surface area contributed by atoms with Crippen LogP contribution >= 0.6 is 0 Å². The van der Waals surface area contributed by atoms with Crippen molar-refractivity contribution >= 4 is 5.78 Å². The van der Waals surface area contributed by atoms with E-state index in [4.69, 9.17) is 5.11 Å². The highest BCUT2D eigenvalue weighted by Crippen LogP contribution is 2.38. The molecule has 4 bridgehead atoms. The molecule has 132 valence electrons. The molecule has 0 aliphatic carbocycles. The monoisotopic (exact) mass is 330 g/mol.